The summed E-state index contributed by atoms with van der Waals surface area (Å²) >= 11 is 0. The van der Waals surface area contributed by atoms with Gasteiger partial charge in [0.25, 0.3) is 0 Å². The van der Waals surface area contributed by atoms with Gasteiger partial charge in [-0.3, -0.25) is 4.79 Å². The Morgan fingerprint density at radius 2 is 1.67 bits per heavy atom. The topological polar surface area (TPSA) is 32.8 Å². The third-order valence-corrected chi connectivity index (χ3v) is 2.12. The van der Waals surface area contributed by atoms with Crippen LogP contribution in [-0.4, -0.2) is 62.7 Å². The van der Waals surface area contributed by atoms with Crippen molar-refractivity contribution in [2.75, 3.05) is 46.9 Å². The monoisotopic (exact) mass is 216 g/mol. The molecule has 1 fully saturated rings. The van der Waals surface area contributed by atoms with E-state index in [0.29, 0.717) is 0 Å². The van der Waals surface area contributed by atoms with Crippen molar-refractivity contribution in [3.8, 4) is 0 Å². The first-order valence-electron chi connectivity index (χ1n) is 5.60. The highest BCUT2D eigenvalue weighted by Crippen LogP contribution is 1.99. The van der Waals surface area contributed by atoms with Crippen molar-refractivity contribution in [3.05, 3.63) is 0 Å². The van der Waals surface area contributed by atoms with Crippen LogP contribution in [0.1, 0.15) is 20.3 Å². The zero-order chi connectivity index (χ0) is 11.7. The molecule has 1 aliphatic rings. The third-order valence-electron chi connectivity index (χ3n) is 2.12. The van der Waals surface area contributed by atoms with Crippen molar-refractivity contribution < 1.29 is 9.53 Å². The molecule has 0 aliphatic carbocycles. The van der Waals surface area contributed by atoms with Crippen molar-refractivity contribution in [2.24, 2.45) is 0 Å². The van der Waals surface area contributed by atoms with E-state index in [4.69, 9.17) is 4.74 Å². The molecular formula is C11H24N2O2. The van der Waals surface area contributed by atoms with Crippen LogP contribution in [0, 0.1) is 0 Å². The molecule has 0 aromatic rings. The van der Waals surface area contributed by atoms with Crippen LogP contribution < -0.4 is 0 Å². The fourth-order valence-corrected chi connectivity index (χ4v) is 1.27. The number of piperazine rings is 1. The Hall–Kier alpha value is -0.610. The summed E-state index contributed by atoms with van der Waals surface area (Å²) in [5.41, 5.74) is 0. The summed E-state index contributed by atoms with van der Waals surface area (Å²) in [5, 5.41) is 0. The van der Waals surface area contributed by atoms with Crippen molar-refractivity contribution in [1.82, 2.24) is 9.80 Å². The summed E-state index contributed by atoms with van der Waals surface area (Å²) in [4.78, 5) is 15.4. The Bertz CT molecular complexity index is 166. The molecule has 90 valence electrons. The SMILES string of the molecule is CCC.COCC(=O)N1CCN(C)CC1. The van der Waals surface area contributed by atoms with Crippen LogP contribution in [0.25, 0.3) is 0 Å². The molecule has 4 nitrogen and oxygen atoms in total. The Kier molecular flexibility index (Phi) is 8.33. The molecular weight excluding hydrogens is 192 g/mol. The minimum atomic E-state index is 0.102. The maximum Gasteiger partial charge on any atom is 0.248 e. The summed E-state index contributed by atoms with van der Waals surface area (Å²) in [6, 6.07) is 0. The molecule has 0 spiro atoms. The molecule has 0 radical (unpaired) electrons. The number of carbonyl (C=O) groups is 1. The number of rotatable bonds is 2. The summed E-state index contributed by atoms with van der Waals surface area (Å²) < 4.78 is 4.78. The number of hydrogen-bond acceptors (Lipinski definition) is 3. The van der Waals surface area contributed by atoms with Crippen molar-refractivity contribution in [2.45, 2.75) is 20.3 Å². The summed E-state index contributed by atoms with van der Waals surface area (Å²) in [7, 11) is 3.62. The Morgan fingerprint density at radius 1 is 1.20 bits per heavy atom. The van der Waals surface area contributed by atoms with Gasteiger partial charge in [0.2, 0.25) is 5.91 Å². The lowest BCUT2D eigenvalue weighted by atomic mass is 10.3. The smallest absolute Gasteiger partial charge is 0.248 e. The molecule has 1 amide bonds. The van der Waals surface area contributed by atoms with Crippen molar-refractivity contribution in [3.63, 3.8) is 0 Å². The predicted octanol–water partition coefficient (Wildman–Crippen LogP) is 0.823. The largest absolute Gasteiger partial charge is 0.375 e. The number of nitrogens with zero attached hydrogens (tertiary/aromatic N) is 2. The molecule has 1 saturated heterocycles. The van der Waals surface area contributed by atoms with Gasteiger partial charge in [-0.2, -0.15) is 0 Å². The van der Waals surface area contributed by atoms with Crippen LogP contribution in [0.4, 0.5) is 0 Å². The van der Waals surface area contributed by atoms with E-state index in [1.165, 1.54) is 6.42 Å². The summed E-state index contributed by atoms with van der Waals surface area (Å²) in [6.45, 7) is 8.06. The third kappa shape index (κ3) is 6.47. The van der Waals surface area contributed by atoms with Gasteiger partial charge in [-0.1, -0.05) is 20.3 Å². The number of likely N-dealkylation sites (N-methyl/N-ethyl adjacent to an activating group) is 1. The zero-order valence-corrected chi connectivity index (χ0v) is 10.5. The van der Waals surface area contributed by atoms with E-state index in [1.54, 1.807) is 7.11 Å². The van der Waals surface area contributed by atoms with Gasteiger partial charge in [0, 0.05) is 33.3 Å². The lowest BCUT2D eigenvalue weighted by molar-refractivity contribution is -0.136. The molecule has 0 aromatic carbocycles. The second kappa shape index (κ2) is 8.68. The number of carbonyl (C=O) groups excluding carboxylic acids is 1. The maximum absolute atomic E-state index is 11.3. The minimum absolute atomic E-state index is 0.102. The number of hydrogen-bond donors (Lipinski definition) is 0. The molecule has 1 aliphatic heterocycles. The van der Waals surface area contributed by atoms with E-state index in [1.807, 2.05) is 4.90 Å². The average Bonchev–Trinajstić information content (AvgIpc) is 2.20. The molecule has 0 saturated carbocycles. The molecule has 15 heavy (non-hydrogen) atoms. The highest BCUT2D eigenvalue weighted by atomic mass is 16.5. The highest BCUT2D eigenvalue weighted by Gasteiger charge is 2.17. The van der Waals surface area contributed by atoms with E-state index in [9.17, 15) is 4.79 Å². The summed E-state index contributed by atoms with van der Waals surface area (Å²) in [6.07, 6.45) is 1.25. The van der Waals surface area contributed by atoms with Crippen molar-refractivity contribution >= 4 is 5.91 Å². The first kappa shape index (κ1) is 14.4. The molecule has 0 bridgehead atoms. The maximum atomic E-state index is 11.3. The van der Waals surface area contributed by atoms with Gasteiger partial charge in [0.1, 0.15) is 6.61 Å². The fraction of sp³-hybridized carbons (Fsp3) is 0.909. The lowest BCUT2D eigenvalue weighted by Gasteiger charge is -2.32. The van der Waals surface area contributed by atoms with E-state index < -0.39 is 0 Å². The van der Waals surface area contributed by atoms with E-state index in [-0.39, 0.29) is 12.5 Å². The van der Waals surface area contributed by atoms with Crippen LogP contribution in [0.3, 0.4) is 0 Å². The van der Waals surface area contributed by atoms with Crippen LogP contribution in [0.5, 0.6) is 0 Å². The molecule has 4 heteroatoms. The molecule has 0 unspecified atom stereocenters. The summed E-state index contributed by atoms with van der Waals surface area (Å²) in [5.74, 6) is 0.102. The molecule has 0 atom stereocenters. The van der Waals surface area contributed by atoms with Crippen LogP contribution in [0.2, 0.25) is 0 Å². The van der Waals surface area contributed by atoms with Gasteiger partial charge in [0.15, 0.2) is 0 Å². The number of amides is 1. The van der Waals surface area contributed by atoms with Crippen LogP contribution in [0.15, 0.2) is 0 Å². The second-order valence-electron chi connectivity index (χ2n) is 3.82. The van der Waals surface area contributed by atoms with Gasteiger partial charge in [-0.15, -0.1) is 0 Å². The highest BCUT2D eigenvalue weighted by molar-refractivity contribution is 5.77. The normalized spacial score (nSPS) is 16.9. The van der Waals surface area contributed by atoms with E-state index in [2.05, 4.69) is 25.8 Å². The van der Waals surface area contributed by atoms with Gasteiger partial charge in [-0.05, 0) is 7.05 Å². The van der Waals surface area contributed by atoms with Gasteiger partial charge in [-0.25, -0.2) is 0 Å². The van der Waals surface area contributed by atoms with E-state index in [0.717, 1.165) is 26.2 Å². The number of ether oxygens (including phenoxy) is 1. The lowest BCUT2D eigenvalue weighted by Crippen LogP contribution is -2.48. The van der Waals surface area contributed by atoms with E-state index >= 15 is 0 Å². The molecule has 1 heterocycles. The standard InChI is InChI=1S/C8H16N2O2.C3H8/c1-9-3-5-10(6-4-9)8(11)7-12-2;1-3-2/h3-7H2,1-2H3;3H2,1-2H3. The Balaban J connectivity index is 0.000000583. The first-order chi connectivity index (χ1) is 7.15. The Labute approximate surface area is 93.2 Å². The van der Waals surface area contributed by atoms with Gasteiger partial charge < -0.3 is 14.5 Å². The molecule has 0 N–H and O–H groups in total. The molecule has 0 aromatic heterocycles. The first-order valence-corrected chi connectivity index (χ1v) is 5.60. The van der Waals surface area contributed by atoms with Crippen molar-refractivity contribution in [1.29, 1.82) is 0 Å². The van der Waals surface area contributed by atoms with Gasteiger partial charge in [0.05, 0.1) is 0 Å². The second-order valence-corrected chi connectivity index (χ2v) is 3.82. The van der Waals surface area contributed by atoms with Crippen LogP contribution in [-0.2, 0) is 9.53 Å². The quantitative estimate of drug-likeness (QED) is 0.685. The number of methoxy groups -OCH3 is 1. The van der Waals surface area contributed by atoms with Gasteiger partial charge >= 0.3 is 0 Å². The molecule has 1 rings (SSSR count). The average molecular weight is 216 g/mol. The zero-order valence-electron chi connectivity index (χ0n) is 10.5. The fourth-order valence-electron chi connectivity index (χ4n) is 1.27. The van der Waals surface area contributed by atoms with Crippen LogP contribution >= 0.6 is 0 Å². The Morgan fingerprint density at radius 3 is 2.07 bits per heavy atom. The predicted molar refractivity (Wildman–Crippen MR) is 61.9 cm³/mol. The minimum Gasteiger partial charge on any atom is -0.375 e.